The van der Waals surface area contributed by atoms with Gasteiger partial charge in [0.15, 0.2) is 0 Å². The highest BCUT2D eigenvalue weighted by molar-refractivity contribution is 6.37. The number of rotatable bonds is 5. The molecule has 9 nitrogen and oxygen atoms in total. The SMILES string of the molecule is COC(=O)[C@@H]1C/C=C\COc2ccc(cc2)C[C@H]([B]OCN)C(=O)N[C@@H](C(C)C)C(=O)N1. The van der Waals surface area contributed by atoms with Crippen LogP contribution in [0.5, 0.6) is 5.75 Å². The van der Waals surface area contributed by atoms with Crippen LogP contribution in [0.3, 0.4) is 0 Å². The third kappa shape index (κ3) is 7.69. The number of hydrogen-bond acceptors (Lipinski definition) is 7. The molecule has 2 amide bonds. The summed E-state index contributed by atoms with van der Waals surface area (Å²) in [5.74, 6) is -1.66. The number of esters is 1. The average molecular weight is 444 g/mol. The van der Waals surface area contributed by atoms with Gasteiger partial charge in [-0.05, 0) is 36.5 Å². The molecule has 1 aromatic carbocycles. The second-order valence-corrected chi connectivity index (χ2v) is 7.76. The fourth-order valence-electron chi connectivity index (χ4n) is 3.21. The van der Waals surface area contributed by atoms with Crippen LogP contribution in [0.4, 0.5) is 0 Å². The smallest absolute Gasteiger partial charge is 0.328 e. The van der Waals surface area contributed by atoms with E-state index >= 15 is 0 Å². The van der Waals surface area contributed by atoms with Crippen LogP contribution >= 0.6 is 0 Å². The Morgan fingerprint density at radius 3 is 2.53 bits per heavy atom. The molecule has 1 radical (unpaired) electrons. The molecule has 1 aromatic rings. The van der Waals surface area contributed by atoms with Crippen molar-refractivity contribution in [1.29, 1.82) is 0 Å². The highest BCUT2D eigenvalue weighted by atomic mass is 16.5. The van der Waals surface area contributed by atoms with E-state index < -0.39 is 29.8 Å². The molecule has 0 fully saturated rings. The zero-order valence-corrected chi connectivity index (χ0v) is 18.7. The van der Waals surface area contributed by atoms with Gasteiger partial charge in [0.25, 0.3) is 0 Å². The maximum atomic E-state index is 13.0. The van der Waals surface area contributed by atoms with Crippen molar-refractivity contribution in [3.05, 3.63) is 42.0 Å². The summed E-state index contributed by atoms with van der Waals surface area (Å²) in [7, 11) is 2.64. The lowest BCUT2D eigenvalue weighted by molar-refractivity contribution is -0.145. The molecule has 173 valence electrons. The number of carbonyl (C=O) groups is 3. The Morgan fingerprint density at radius 1 is 1.19 bits per heavy atom. The summed E-state index contributed by atoms with van der Waals surface area (Å²) in [5.41, 5.74) is 6.32. The minimum atomic E-state index is -0.889. The van der Waals surface area contributed by atoms with Gasteiger partial charge in [-0.25, -0.2) is 4.79 Å². The van der Waals surface area contributed by atoms with Crippen molar-refractivity contribution in [3.8, 4) is 5.75 Å². The van der Waals surface area contributed by atoms with Crippen molar-refractivity contribution in [3.63, 3.8) is 0 Å². The van der Waals surface area contributed by atoms with E-state index in [9.17, 15) is 14.4 Å². The highest BCUT2D eigenvalue weighted by Gasteiger charge is 2.31. The predicted octanol–water partition coefficient (Wildman–Crippen LogP) is 0.707. The summed E-state index contributed by atoms with van der Waals surface area (Å²) in [4.78, 5) is 38.2. The number of hydrogen-bond donors (Lipinski definition) is 3. The molecule has 0 unspecified atom stereocenters. The summed E-state index contributed by atoms with van der Waals surface area (Å²) in [5, 5.41) is 5.47. The normalized spacial score (nSPS) is 23.5. The molecule has 2 bridgehead atoms. The van der Waals surface area contributed by atoms with Gasteiger partial charge in [-0.3, -0.25) is 9.59 Å². The Labute approximate surface area is 189 Å². The molecule has 0 saturated heterocycles. The monoisotopic (exact) mass is 444 g/mol. The van der Waals surface area contributed by atoms with Crippen molar-refractivity contribution in [2.45, 2.75) is 44.6 Å². The van der Waals surface area contributed by atoms with Crippen LogP contribution in [0.15, 0.2) is 36.4 Å². The molecule has 2 aliphatic rings. The summed E-state index contributed by atoms with van der Waals surface area (Å²) in [6.45, 7) is 3.85. The Bertz CT molecular complexity index is 799. The number of ether oxygens (including phenoxy) is 2. The van der Waals surface area contributed by atoms with Gasteiger partial charge in [0.1, 0.15) is 24.4 Å². The van der Waals surface area contributed by atoms with Crippen molar-refractivity contribution in [1.82, 2.24) is 10.6 Å². The van der Waals surface area contributed by atoms with Crippen LogP contribution in [0.1, 0.15) is 25.8 Å². The molecule has 0 spiro atoms. The van der Waals surface area contributed by atoms with Crippen LogP contribution in [-0.2, 0) is 30.2 Å². The number of nitrogens with one attached hydrogen (secondary N) is 2. The lowest BCUT2D eigenvalue weighted by Gasteiger charge is -2.26. The minimum absolute atomic E-state index is 0.0710. The molecule has 0 aromatic heterocycles. The van der Waals surface area contributed by atoms with Crippen molar-refractivity contribution in [2.75, 3.05) is 20.4 Å². The molecule has 3 atom stereocenters. The van der Waals surface area contributed by atoms with Crippen molar-refractivity contribution >= 4 is 25.3 Å². The van der Waals surface area contributed by atoms with E-state index in [1.807, 2.05) is 38.1 Å². The van der Waals surface area contributed by atoms with Gasteiger partial charge in [-0.2, -0.15) is 0 Å². The Morgan fingerprint density at radius 2 is 1.91 bits per heavy atom. The zero-order valence-electron chi connectivity index (χ0n) is 18.7. The molecule has 3 rings (SSSR count). The molecule has 4 N–H and O–H groups in total. The summed E-state index contributed by atoms with van der Waals surface area (Å²) < 4.78 is 15.7. The number of amides is 2. The third-order valence-electron chi connectivity index (χ3n) is 5.01. The first-order chi connectivity index (χ1) is 15.3. The molecule has 32 heavy (non-hydrogen) atoms. The van der Waals surface area contributed by atoms with Crippen LogP contribution in [0.25, 0.3) is 0 Å². The van der Waals surface area contributed by atoms with Gasteiger partial charge in [-0.15, -0.1) is 0 Å². The fourth-order valence-corrected chi connectivity index (χ4v) is 3.21. The van der Waals surface area contributed by atoms with Gasteiger partial charge >= 0.3 is 13.5 Å². The van der Waals surface area contributed by atoms with Crippen LogP contribution in [0.2, 0.25) is 5.82 Å². The van der Waals surface area contributed by atoms with E-state index in [0.717, 1.165) is 5.56 Å². The average Bonchev–Trinajstić information content (AvgIpc) is 2.78. The molecule has 2 aliphatic heterocycles. The topological polar surface area (TPSA) is 129 Å². The molecule has 2 heterocycles. The van der Waals surface area contributed by atoms with E-state index in [1.165, 1.54) is 14.6 Å². The second kappa shape index (κ2) is 12.9. The van der Waals surface area contributed by atoms with Crippen LogP contribution < -0.4 is 21.1 Å². The van der Waals surface area contributed by atoms with E-state index in [0.29, 0.717) is 18.8 Å². The van der Waals surface area contributed by atoms with Gasteiger partial charge in [0.2, 0.25) is 11.8 Å². The third-order valence-corrected chi connectivity index (χ3v) is 5.01. The van der Waals surface area contributed by atoms with Gasteiger partial charge in [-0.1, -0.05) is 38.1 Å². The van der Waals surface area contributed by atoms with Crippen LogP contribution in [-0.4, -0.2) is 57.8 Å². The molecule has 0 aliphatic carbocycles. The lowest BCUT2D eigenvalue weighted by atomic mass is 9.75. The standard InChI is InChI=1S/C22H31BN3O6/c1-14(2)19-21(28)25-18(22(29)30-3)6-4-5-11-31-16-9-7-15(8-10-16)12-17(20(27)26-19)23-32-13-24/h4-5,7-10,14,17-19H,6,11-13,24H2,1-3H3,(H,25,28)(H,26,27)/b5-4-/t17-,18-,19-/m0/s1. The molecule has 0 saturated carbocycles. The van der Waals surface area contributed by atoms with Crippen molar-refractivity contribution in [2.24, 2.45) is 11.7 Å². The summed E-state index contributed by atoms with van der Waals surface area (Å²) in [6, 6.07) is 5.63. The largest absolute Gasteiger partial charge is 0.490 e. The molecule has 10 heteroatoms. The Hall–Kier alpha value is -2.85. The minimum Gasteiger partial charge on any atom is -0.490 e. The van der Waals surface area contributed by atoms with Crippen LogP contribution in [0, 0.1) is 5.92 Å². The summed E-state index contributed by atoms with van der Waals surface area (Å²) in [6.07, 6.45) is 4.08. The molecular weight excluding hydrogens is 413 g/mol. The first-order valence-corrected chi connectivity index (χ1v) is 10.6. The maximum Gasteiger partial charge on any atom is 0.328 e. The van der Waals surface area contributed by atoms with E-state index in [1.54, 1.807) is 12.2 Å². The number of carbonyl (C=O) groups excluding carboxylic acids is 3. The van der Waals surface area contributed by atoms with Gasteiger partial charge < -0.3 is 30.5 Å². The quantitative estimate of drug-likeness (QED) is 0.264. The number of benzene rings is 1. The van der Waals surface area contributed by atoms with E-state index in [-0.39, 0.29) is 25.0 Å². The maximum absolute atomic E-state index is 13.0. The Kier molecular flexibility index (Phi) is 10.2. The van der Waals surface area contributed by atoms with E-state index in [2.05, 4.69) is 10.6 Å². The lowest BCUT2D eigenvalue weighted by Crippen LogP contribution is -2.54. The first-order valence-electron chi connectivity index (χ1n) is 10.6. The first kappa shape index (κ1) is 25.4. The number of fused-ring (bicyclic) bond motifs is 13. The Balaban J connectivity index is 2.33. The van der Waals surface area contributed by atoms with Gasteiger partial charge in [0, 0.05) is 5.82 Å². The van der Waals surface area contributed by atoms with Crippen molar-refractivity contribution < 1.29 is 28.5 Å². The number of nitrogens with two attached hydrogens (primary N) is 1. The molecular formula is C22H31BN3O6. The van der Waals surface area contributed by atoms with E-state index in [4.69, 9.17) is 19.9 Å². The number of methoxy groups -OCH3 is 1. The fraction of sp³-hybridized carbons (Fsp3) is 0.500. The summed E-state index contributed by atoms with van der Waals surface area (Å²) >= 11 is 0. The second-order valence-electron chi connectivity index (χ2n) is 7.76. The highest BCUT2D eigenvalue weighted by Crippen LogP contribution is 2.19. The predicted molar refractivity (Wildman–Crippen MR) is 120 cm³/mol. The zero-order chi connectivity index (χ0) is 23.5. The van der Waals surface area contributed by atoms with Gasteiger partial charge in [0.05, 0.1) is 13.8 Å².